The normalized spacial score (nSPS) is 15.1. The van der Waals surface area contributed by atoms with Gasteiger partial charge in [0.15, 0.2) is 0 Å². The molecule has 0 radical (unpaired) electrons. The first kappa shape index (κ1) is 40.3. The molecule has 0 fully saturated rings. The SMILES string of the molecule is CC/C=C\C/C=C\C/C=C\CCCCCCC(C)OCC(O)COC(C)CCCCCC/C=C\C/C=C\C/C=C\CC. The maximum Gasteiger partial charge on any atom is 0.101 e. The molecule has 0 aliphatic carbocycles. The standard InChI is InChI=1S/C39H68O3/c1-5-7-9-11-13-15-17-19-21-23-25-27-29-31-33-37(3)41-35-39(40)36-42-38(4)34-32-30-28-26-24-22-20-18-16-14-12-10-8-6-2/h7-10,13-16,19-22,37-40H,5-6,11-12,17-18,23-36H2,1-4H3/b9-7-,10-8-,15-13-,16-14-,21-19-,22-20-. The quantitative estimate of drug-likeness (QED) is 0.0674. The topological polar surface area (TPSA) is 38.7 Å². The van der Waals surface area contributed by atoms with Crippen LogP contribution in [0.2, 0.25) is 0 Å². The molecule has 0 aromatic rings. The van der Waals surface area contributed by atoms with Gasteiger partial charge in [0.1, 0.15) is 6.10 Å². The van der Waals surface area contributed by atoms with Crippen LogP contribution in [0.25, 0.3) is 0 Å². The Labute approximate surface area is 261 Å². The van der Waals surface area contributed by atoms with E-state index in [0.717, 1.165) is 51.4 Å². The molecule has 0 saturated heterocycles. The van der Waals surface area contributed by atoms with Crippen LogP contribution in [0.4, 0.5) is 0 Å². The van der Waals surface area contributed by atoms with Crippen LogP contribution in [0.1, 0.15) is 143 Å². The number of hydrogen-bond donors (Lipinski definition) is 1. The average molecular weight is 585 g/mol. The summed E-state index contributed by atoms with van der Waals surface area (Å²) in [6, 6.07) is 0. The Bertz CT molecular complexity index is 655. The average Bonchev–Trinajstić information content (AvgIpc) is 2.99. The summed E-state index contributed by atoms with van der Waals surface area (Å²) in [5, 5.41) is 10.3. The van der Waals surface area contributed by atoms with E-state index < -0.39 is 6.10 Å². The lowest BCUT2D eigenvalue weighted by molar-refractivity contribution is -0.0582. The fraction of sp³-hybridized carbons (Fsp3) is 0.692. The lowest BCUT2D eigenvalue weighted by Gasteiger charge is -2.19. The summed E-state index contributed by atoms with van der Waals surface area (Å²) >= 11 is 0. The van der Waals surface area contributed by atoms with Gasteiger partial charge in [-0.25, -0.2) is 0 Å². The Morgan fingerprint density at radius 3 is 1.17 bits per heavy atom. The van der Waals surface area contributed by atoms with Crippen molar-refractivity contribution in [2.75, 3.05) is 13.2 Å². The van der Waals surface area contributed by atoms with Crippen molar-refractivity contribution >= 4 is 0 Å². The molecular weight excluding hydrogens is 516 g/mol. The van der Waals surface area contributed by atoms with E-state index in [2.05, 4.69) is 101 Å². The lowest BCUT2D eigenvalue weighted by Crippen LogP contribution is -2.26. The van der Waals surface area contributed by atoms with E-state index in [1.54, 1.807) is 0 Å². The molecule has 0 rings (SSSR count). The van der Waals surface area contributed by atoms with Gasteiger partial charge in [-0.3, -0.25) is 0 Å². The van der Waals surface area contributed by atoms with Crippen molar-refractivity contribution in [3.05, 3.63) is 72.9 Å². The minimum absolute atomic E-state index is 0.190. The highest BCUT2D eigenvalue weighted by molar-refractivity contribution is 4.98. The van der Waals surface area contributed by atoms with Crippen molar-refractivity contribution in [1.29, 1.82) is 0 Å². The summed E-state index contributed by atoms with van der Waals surface area (Å²) in [6.07, 6.45) is 47.7. The van der Waals surface area contributed by atoms with Crippen molar-refractivity contribution in [3.63, 3.8) is 0 Å². The van der Waals surface area contributed by atoms with E-state index in [9.17, 15) is 5.11 Å². The van der Waals surface area contributed by atoms with Crippen LogP contribution >= 0.6 is 0 Å². The van der Waals surface area contributed by atoms with Crippen LogP contribution in [0.3, 0.4) is 0 Å². The van der Waals surface area contributed by atoms with Gasteiger partial charge >= 0.3 is 0 Å². The molecule has 2 atom stereocenters. The second kappa shape index (κ2) is 33.8. The number of ether oxygens (including phenoxy) is 2. The molecular formula is C39H68O3. The second-order valence-corrected chi connectivity index (χ2v) is 11.5. The molecule has 242 valence electrons. The van der Waals surface area contributed by atoms with Crippen molar-refractivity contribution in [2.24, 2.45) is 0 Å². The summed E-state index contributed by atoms with van der Waals surface area (Å²) < 4.78 is 11.7. The third kappa shape index (κ3) is 32.8. The molecule has 42 heavy (non-hydrogen) atoms. The van der Waals surface area contributed by atoms with Crippen LogP contribution in [-0.2, 0) is 9.47 Å². The molecule has 0 bridgehead atoms. The van der Waals surface area contributed by atoms with Crippen LogP contribution < -0.4 is 0 Å². The van der Waals surface area contributed by atoms with Gasteiger partial charge in [0.25, 0.3) is 0 Å². The maximum atomic E-state index is 10.3. The predicted octanol–water partition coefficient (Wildman–Crippen LogP) is 11.6. The van der Waals surface area contributed by atoms with Gasteiger partial charge in [-0.2, -0.15) is 0 Å². The van der Waals surface area contributed by atoms with Gasteiger partial charge in [-0.05, 0) is 90.9 Å². The first-order chi connectivity index (χ1) is 20.6. The largest absolute Gasteiger partial charge is 0.388 e. The number of aliphatic hydroxyl groups is 1. The zero-order valence-corrected chi connectivity index (χ0v) is 28.1. The molecule has 0 spiro atoms. The van der Waals surface area contributed by atoms with Crippen LogP contribution in [0.15, 0.2) is 72.9 Å². The number of allylic oxidation sites excluding steroid dienone is 12. The van der Waals surface area contributed by atoms with Crippen molar-refractivity contribution in [3.8, 4) is 0 Å². The smallest absolute Gasteiger partial charge is 0.101 e. The summed E-state index contributed by atoms with van der Waals surface area (Å²) in [5.41, 5.74) is 0. The minimum Gasteiger partial charge on any atom is -0.388 e. The summed E-state index contributed by atoms with van der Waals surface area (Å²) in [5.74, 6) is 0. The molecule has 0 aromatic heterocycles. The minimum atomic E-state index is -0.543. The van der Waals surface area contributed by atoms with Gasteiger partial charge in [0.05, 0.1) is 25.4 Å². The van der Waals surface area contributed by atoms with E-state index in [-0.39, 0.29) is 12.2 Å². The van der Waals surface area contributed by atoms with Crippen molar-refractivity contribution < 1.29 is 14.6 Å². The molecule has 1 N–H and O–H groups in total. The summed E-state index contributed by atoms with van der Waals surface area (Å²) in [6.45, 7) is 9.29. The Kier molecular flexibility index (Phi) is 32.5. The maximum absolute atomic E-state index is 10.3. The molecule has 0 aromatic carbocycles. The van der Waals surface area contributed by atoms with E-state index >= 15 is 0 Å². The lowest BCUT2D eigenvalue weighted by atomic mass is 10.1. The van der Waals surface area contributed by atoms with Crippen LogP contribution in [0, 0.1) is 0 Å². The zero-order chi connectivity index (χ0) is 30.8. The predicted molar refractivity (Wildman–Crippen MR) is 186 cm³/mol. The van der Waals surface area contributed by atoms with E-state index in [4.69, 9.17) is 9.47 Å². The fourth-order valence-corrected chi connectivity index (χ4v) is 4.51. The van der Waals surface area contributed by atoms with Gasteiger partial charge in [-0.1, -0.05) is 125 Å². The highest BCUT2D eigenvalue weighted by atomic mass is 16.5. The molecule has 0 saturated carbocycles. The molecule has 3 nitrogen and oxygen atoms in total. The summed E-state index contributed by atoms with van der Waals surface area (Å²) in [7, 11) is 0. The third-order valence-corrected chi connectivity index (χ3v) is 7.17. The fourth-order valence-electron chi connectivity index (χ4n) is 4.51. The van der Waals surface area contributed by atoms with Crippen LogP contribution in [-0.4, -0.2) is 36.6 Å². The molecule has 0 aliphatic rings. The third-order valence-electron chi connectivity index (χ3n) is 7.17. The van der Waals surface area contributed by atoms with Crippen molar-refractivity contribution in [1.82, 2.24) is 0 Å². The number of unbranched alkanes of at least 4 members (excludes halogenated alkanes) is 8. The first-order valence-corrected chi connectivity index (χ1v) is 17.4. The Morgan fingerprint density at radius 1 is 0.452 bits per heavy atom. The Balaban J connectivity index is 3.55. The molecule has 0 heterocycles. The Hall–Kier alpha value is -1.68. The van der Waals surface area contributed by atoms with Gasteiger partial charge in [-0.15, -0.1) is 0 Å². The highest BCUT2D eigenvalue weighted by Crippen LogP contribution is 2.12. The van der Waals surface area contributed by atoms with Gasteiger partial charge in [0, 0.05) is 0 Å². The van der Waals surface area contributed by atoms with E-state index in [1.165, 1.54) is 64.2 Å². The number of hydrogen-bond acceptors (Lipinski definition) is 3. The van der Waals surface area contributed by atoms with E-state index in [1.807, 2.05) is 0 Å². The monoisotopic (exact) mass is 585 g/mol. The van der Waals surface area contributed by atoms with Crippen molar-refractivity contribution in [2.45, 2.75) is 162 Å². The second-order valence-electron chi connectivity index (χ2n) is 11.5. The number of aliphatic hydroxyl groups excluding tert-OH is 1. The van der Waals surface area contributed by atoms with Gasteiger partial charge in [0.2, 0.25) is 0 Å². The molecule has 0 aliphatic heterocycles. The first-order valence-electron chi connectivity index (χ1n) is 17.4. The molecule has 3 heteroatoms. The summed E-state index contributed by atoms with van der Waals surface area (Å²) in [4.78, 5) is 0. The van der Waals surface area contributed by atoms with Gasteiger partial charge < -0.3 is 14.6 Å². The van der Waals surface area contributed by atoms with E-state index in [0.29, 0.717) is 13.2 Å². The molecule has 2 unspecified atom stereocenters. The zero-order valence-electron chi connectivity index (χ0n) is 28.1. The molecule has 0 amide bonds. The Morgan fingerprint density at radius 2 is 0.786 bits per heavy atom. The highest BCUT2D eigenvalue weighted by Gasteiger charge is 2.11. The number of rotatable bonds is 30. The van der Waals surface area contributed by atoms with Crippen LogP contribution in [0.5, 0.6) is 0 Å².